The van der Waals surface area contributed by atoms with E-state index in [0.717, 1.165) is 17.1 Å². The number of aromatic nitrogens is 1. The summed E-state index contributed by atoms with van der Waals surface area (Å²) < 4.78 is 25.8. The van der Waals surface area contributed by atoms with Crippen LogP contribution in [0.25, 0.3) is 0 Å². The maximum atomic E-state index is 12.4. The normalized spacial score (nSPS) is 16.2. The Labute approximate surface area is 171 Å². The highest BCUT2D eigenvalue weighted by Crippen LogP contribution is 2.17. The smallest absolute Gasteiger partial charge is 0.226 e. The summed E-state index contributed by atoms with van der Waals surface area (Å²) in [6.45, 7) is 2.82. The first-order chi connectivity index (χ1) is 13.5. The van der Waals surface area contributed by atoms with Gasteiger partial charge in [-0.2, -0.15) is 0 Å². The molecule has 0 bridgehead atoms. The molecule has 1 fully saturated rings. The molecule has 8 heteroatoms. The second kappa shape index (κ2) is 9.62. The largest absolute Gasteiger partial charge is 0.353 e. The van der Waals surface area contributed by atoms with Crippen LogP contribution in [0.4, 0.5) is 0 Å². The van der Waals surface area contributed by atoms with Gasteiger partial charge in [0.2, 0.25) is 15.9 Å². The molecule has 2 aromatic rings. The summed E-state index contributed by atoms with van der Waals surface area (Å²) in [7, 11) is -3.14. The monoisotopic (exact) mass is 421 g/mol. The molecule has 1 N–H and O–H groups in total. The first kappa shape index (κ1) is 21.0. The number of nitrogens with zero attached hydrogens (tertiary/aromatic N) is 2. The summed E-state index contributed by atoms with van der Waals surface area (Å²) in [6, 6.07) is 10.2. The average Bonchev–Trinajstić information content (AvgIpc) is 3.09. The van der Waals surface area contributed by atoms with E-state index in [1.165, 1.54) is 5.56 Å². The topological polar surface area (TPSA) is 79.4 Å². The predicted molar refractivity (Wildman–Crippen MR) is 112 cm³/mol. The Bertz CT molecular complexity index is 873. The Hall–Kier alpha value is -1.77. The number of carbonyl (C=O) groups excluding carboxylic acids is 1. The van der Waals surface area contributed by atoms with E-state index in [1.54, 1.807) is 15.6 Å². The molecule has 0 radical (unpaired) electrons. The van der Waals surface area contributed by atoms with E-state index in [9.17, 15) is 13.2 Å². The predicted octanol–water partition coefficient (Wildman–Crippen LogP) is 2.60. The number of amides is 1. The molecule has 3 rings (SSSR count). The third kappa shape index (κ3) is 5.86. The van der Waals surface area contributed by atoms with E-state index in [0.29, 0.717) is 32.4 Å². The van der Waals surface area contributed by atoms with Crippen molar-refractivity contribution in [1.82, 2.24) is 14.6 Å². The number of benzene rings is 1. The van der Waals surface area contributed by atoms with Gasteiger partial charge in [0.05, 0.1) is 22.9 Å². The highest BCUT2D eigenvalue weighted by molar-refractivity contribution is 7.89. The second-order valence-corrected chi connectivity index (χ2v) is 10.2. The first-order valence-corrected chi connectivity index (χ1v) is 12.2. The fourth-order valence-electron chi connectivity index (χ4n) is 3.39. The van der Waals surface area contributed by atoms with E-state index >= 15 is 0 Å². The zero-order chi connectivity index (χ0) is 20.0. The van der Waals surface area contributed by atoms with Crippen LogP contribution >= 0.6 is 11.3 Å². The average molecular weight is 422 g/mol. The number of nitrogens with one attached hydrogen (secondary N) is 1. The molecule has 0 saturated carbocycles. The molecule has 2 heterocycles. The Balaban J connectivity index is 1.45. The van der Waals surface area contributed by atoms with Crippen molar-refractivity contribution in [1.29, 1.82) is 0 Å². The van der Waals surface area contributed by atoms with Crippen LogP contribution in [0, 0.1) is 0 Å². The molecule has 1 aliphatic rings. The summed E-state index contributed by atoms with van der Waals surface area (Å²) in [5, 5.41) is 5.98. The van der Waals surface area contributed by atoms with E-state index in [-0.39, 0.29) is 24.1 Å². The third-order valence-electron chi connectivity index (χ3n) is 4.81. The van der Waals surface area contributed by atoms with Crippen LogP contribution in [0.1, 0.15) is 42.5 Å². The number of thiazole rings is 1. The van der Waals surface area contributed by atoms with Crippen molar-refractivity contribution in [2.75, 3.05) is 18.8 Å². The van der Waals surface area contributed by atoms with Gasteiger partial charge in [0, 0.05) is 30.9 Å². The minimum atomic E-state index is -3.14. The van der Waals surface area contributed by atoms with Crippen LogP contribution in [-0.4, -0.2) is 48.5 Å². The summed E-state index contributed by atoms with van der Waals surface area (Å²) in [5.41, 5.74) is 1.99. The highest BCUT2D eigenvalue weighted by atomic mass is 32.2. The number of rotatable bonds is 8. The number of carbonyl (C=O) groups is 1. The van der Waals surface area contributed by atoms with E-state index < -0.39 is 10.0 Å². The minimum Gasteiger partial charge on any atom is -0.353 e. The number of piperidine rings is 1. The summed E-state index contributed by atoms with van der Waals surface area (Å²) >= 11 is 1.58. The molecule has 1 aromatic heterocycles. The van der Waals surface area contributed by atoms with Gasteiger partial charge in [-0.25, -0.2) is 17.7 Å². The molecule has 0 atom stereocenters. The van der Waals surface area contributed by atoms with Gasteiger partial charge in [-0.15, -0.1) is 11.3 Å². The molecule has 1 aromatic carbocycles. The van der Waals surface area contributed by atoms with E-state index in [2.05, 4.69) is 22.4 Å². The zero-order valence-electron chi connectivity index (χ0n) is 16.1. The van der Waals surface area contributed by atoms with Gasteiger partial charge in [-0.1, -0.05) is 37.3 Å². The molecule has 0 unspecified atom stereocenters. The summed E-state index contributed by atoms with van der Waals surface area (Å²) in [5.74, 6) is 0.144. The molecule has 28 heavy (non-hydrogen) atoms. The van der Waals surface area contributed by atoms with E-state index in [1.807, 2.05) is 30.5 Å². The van der Waals surface area contributed by atoms with Crippen LogP contribution < -0.4 is 5.32 Å². The van der Waals surface area contributed by atoms with Gasteiger partial charge < -0.3 is 5.32 Å². The number of hydrogen-bond acceptors (Lipinski definition) is 5. The van der Waals surface area contributed by atoms with Crippen molar-refractivity contribution >= 4 is 27.3 Å². The second-order valence-electron chi connectivity index (χ2n) is 7.13. The quantitative estimate of drug-likeness (QED) is 0.711. The van der Waals surface area contributed by atoms with Gasteiger partial charge in [-0.3, -0.25) is 4.79 Å². The fraction of sp³-hybridized carbons (Fsp3) is 0.500. The molecule has 152 valence electrons. The van der Waals surface area contributed by atoms with E-state index in [4.69, 9.17) is 0 Å². The first-order valence-electron chi connectivity index (χ1n) is 9.70. The van der Waals surface area contributed by atoms with Crippen LogP contribution in [0.3, 0.4) is 0 Å². The molecular formula is C20H27N3O3S2. The Morgan fingerprint density at radius 3 is 2.64 bits per heavy atom. The van der Waals surface area contributed by atoms with Gasteiger partial charge in [0.25, 0.3) is 0 Å². The van der Waals surface area contributed by atoms with Crippen molar-refractivity contribution < 1.29 is 13.2 Å². The molecule has 1 saturated heterocycles. The SMILES string of the molecule is CCCS(=O)(=O)N1CCC(NC(=O)Cc2csc(Cc3ccccc3)n2)CC1. The summed E-state index contributed by atoms with van der Waals surface area (Å²) in [4.78, 5) is 16.9. The maximum Gasteiger partial charge on any atom is 0.226 e. The van der Waals surface area contributed by atoms with Crippen molar-refractivity contribution in [3.63, 3.8) is 0 Å². The zero-order valence-corrected chi connectivity index (χ0v) is 17.8. The van der Waals surface area contributed by atoms with Crippen molar-refractivity contribution in [2.45, 2.75) is 45.1 Å². The van der Waals surface area contributed by atoms with Crippen molar-refractivity contribution in [2.24, 2.45) is 0 Å². The van der Waals surface area contributed by atoms with Gasteiger partial charge in [-0.05, 0) is 24.8 Å². The Kier molecular flexibility index (Phi) is 7.20. The van der Waals surface area contributed by atoms with Gasteiger partial charge in [0.15, 0.2) is 0 Å². The fourth-order valence-corrected chi connectivity index (χ4v) is 5.76. The highest BCUT2D eigenvalue weighted by Gasteiger charge is 2.28. The van der Waals surface area contributed by atoms with Crippen LogP contribution in [-0.2, 0) is 27.7 Å². The van der Waals surface area contributed by atoms with Crippen LogP contribution in [0.2, 0.25) is 0 Å². The lowest BCUT2D eigenvalue weighted by Crippen LogP contribution is -2.47. The molecule has 0 spiro atoms. The lowest BCUT2D eigenvalue weighted by atomic mass is 10.1. The van der Waals surface area contributed by atoms with Crippen molar-refractivity contribution in [3.8, 4) is 0 Å². The minimum absolute atomic E-state index is 0.0306. The van der Waals surface area contributed by atoms with Gasteiger partial charge >= 0.3 is 0 Å². The Morgan fingerprint density at radius 1 is 1.25 bits per heavy atom. The molecule has 1 aliphatic heterocycles. The van der Waals surface area contributed by atoms with Gasteiger partial charge in [0.1, 0.15) is 0 Å². The van der Waals surface area contributed by atoms with Crippen molar-refractivity contribution in [3.05, 3.63) is 52.0 Å². The lowest BCUT2D eigenvalue weighted by Gasteiger charge is -2.31. The standard InChI is InChI=1S/C20H27N3O3S2/c1-2-12-28(25,26)23-10-8-17(9-11-23)21-19(24)14-18-15-27-20(22-18)13-16-6-4-3-5-7-16/h3-7,15,17H,2,8-14H2,1H3,(H,21,24). The lowest BCUT2D eigenvalue weighted by molar-refractivity contribution is -0.121. The number of hydrogen-bond donors (Lipinski definition) is 1. The third-order valence-corrected chi connectivity index (χ3v) is 7.79. The number of sulfonamides is 1. The molecular weight excluding hydrogens is 394 g/mol. The van der Waals surface area contributed by atoms with Crippen LogP contribution in [0.5, 0.6) is 0 Å². The van der Waals surface area contributed by atoms with Crippen LogP contribution in [0.15, 0.2) is 35.7 Å². The molecule has 6 nitrogen and oxygen atoms in total. The molecule has 1 amide bonds. The Morgan fingerprint density at radius 2 is 1.96 bits per heavy atom. The summed E-state index contributed by atoms with van der Waals surface area (Å²) in [6.07, 6.45) is 2.98. The maximum absolute atomic E-state index is 12.4. The molecule has 0 aliphatic carbocycles.